The summed E-state index contributed by atoms with van der Waals surface area (Å²) in [4.78, 5) is 14.6. The van der Waals surface area contributed by atoms with Crippen LogP contribution in [-0.2, 0) is 18.9 Å². The van der Waals surface area contributed by atoms with Gasteiger partial charge in [-0.15, -0.1) is 0 Å². The Morgan fingerprint density at radius 3 is 2.40 bits per heavy atom. The van der Waals surface area contributed by atoms with Crippen LogP contribution in [0.3, 0.4) is 0 Å². The van der Waals surface area contributed by atoms with Crippen LogP contribution >= 0.6 is 0 Å². The van der Waals surface area contributed by atoms with Gasteiger partial charge < -0.3 is 14.7 Å². The molecule has 0 bridgehead atoms. The molecule has 1 unspecified atom stereocenters. The Balaban J connectivity index is 2.02. The maximum absolute atomic E-state index is 14.0. The maximum atomic E-state index is 14.0. The number of fused-ring (bicyclic) bond motifs is 1. The first kappa shape index (κ1) is 22.1. The molecule has 2 heterocycles. The van der Waals surface area contributed by atoms with E-state index in [0.29, 0.717) is 22.2 Å². The van der Waals surface area contributed by atoms with Crippen LogP contribution in [0.2, 0.25) is 0 Å². The SMILES string of the molecule is Cc1ccc(F)cc1C(C)(C)CC(O)(Cc1cc2c(ccc(=O)n2C)[nH]1)C(F)(F)F. The third-order valence-electron chi connectivity index (χ3n) is 5.64. The first-order valence-corrected chi connectivity index (χ1v) is 9.47. The van der Waals surface area contributed by atoms with Crippen molar-refractivity contribution in [3.05, 3.63) is 69.4 Å². The van der Waals surface area contributed by atoms with Gasteiger partial charge in [0, 0.05) is 25.2 Å². The number of benzene rings is 1. The van der Waals surface area contributed by atoms with E-state index in [1.54, 1.807) is 20.8 Å². The van der Waals surface area contributed by atoms with E-state index in [4.69, 9.17) is 0 Å². The Labute approximate surface area is 171 Å². The third kappa shape index (κ3) is 4.01. The van der Waals surface area contributed by atoms with Crippen LogP contribution < -0.4 is 5.56 Å². The molecule has 2 aromatic heterocycles. The van der Waals surface area contributed by atoms with Gasteiger partial charge >= 0.3 is 6.18 Å². The molecular formula is C22H24F4N2O2. The number of pyridine rings is 1. The van der Waals surface area contributed by atoms with Crippen molar-refractivity contribution in [1.29, 1.82) is 0 Å². The number of aromatic nitrogens is 2. The topological polar surface area (TPSA) is 58.0 Å². The quantitative estimate of drug-likeness (QED) is 0.592. The Bertz CT molecular complexity index is 1140. The third-order valence-corrected chi connectivity index (χ3v) is 5.64. The van der Waals surface area contributed by atoms with Crippen molar-refractivity contribution in [1.82, 2.24) is 9.55 Å². The molecule has 3 rings (SSSR count). The number of rotatable bonds is 5. The summed E-state index contributed by atoms with van der Waals surface area (Å²) in [6.45, 7) is 4.81. The molecule has 0 radical (unpaired) electrons. The van der Waals surface area contributed by atoms with Crippen molar-refractivity contribution in [2.75, 3.05) is 0 Å². The lowest BCUT2D eigenvalue weighted by atomic mass is 9.72. The van der Waals surface area contributed by atoms with Gasteiger partial charge in [-0.3, -0.25) is 4.79 Å². The largest absolute Gasteiger partial charge is 0.417 e. The number of aromatic amines is 1. The lowest BCUT2D eigenvalue weighted by Crippen LogP contribution is -2.51. The fraction of sp³-hybridized carbons (Fsp3) is 0.409. The Kier molecular flexibility index (Phi) is 5.35. The first-order valence-electron chi connectivity index (χ1n) is 9.47. The minimum Gasteiger partial charge on any atom is -0.380 e. The van der Waals surface area contributed by atoms with Crippen LogP contribution in [0.5, 0.6) is 0 Å². The van der Waals surface area contributed by atoms with E-state index in [1.807, 2.05) is 0 Å². The van der Waals surface area contributed by atoms with Crippen molar-refractivity contribution in [3.63, 3.8) is 0 Å². The van der Waals surface area contributed by atoms with Crippen LogP contribution in [0.4, 0.5) is 17.6 Å². The Morgan fingerprint density at radius 2 is 1.77 bits per heavy atom. The molecule has 1 atom stereocenters. The number of halogens is 4. The molecule has 0 saturated carbocycles. The van der Waals surface area contributed by atoms with E-state index in [1.165, 1.54) is 48.0 Å². The van der Waals surface area contributed by atoms with Crippen LogP contribution in [0, 0.1) is 12.7 Å². The average Bonchev–Trinajstić information content (AvgIpc) is 3.02. The van der Waals surface area contributed by atoms with Crippen LogP contribution in [-0.4, -0.2) is 26.4 Å². The number of alkyl halides is 3. The van der Waals surface area contributed by atoms with E-state index in [9.17, 15) is 27.5 Å². The molecule has 162 valence electrons. The van der Waals surface area contributed by atoms with Crippen molar-refractivity contribution in [3.8, 4) is 0 Å². The minimum absolute atomic E-state index is 0.151. The summed E-state index contributed by atoms with van der Waals surface area (Å²) >= 11 is 0. The zero-order chi connectivity index (χ0) is 22.5. The zero-order valence-electron chi connectivity index (χ0n) is 17.2. The summed E-state index contributed by atoms with van der Waals surface area (Å²) in [7, 11) is 1.52. The van der Waals surface area contributed by atoms with Gasteiger partial charge in [-0.25, -0.2) is 4.39 Å². The predicted molar refractivity (Wildman–Crippen MR) is 107 cm³/mol. The molecular weight excluding hydrogens is 400 g/mol. The summed E-state index contributed by atoms with van der Waals surface area (Å²) in [6.07, 6.45) is -6.31. The highest BCUT2D eigenvalue weighted by Gasteiger charge is 2.56. The number of aryl methyl sites for hydroxylation is 2. The standard InChI is InChI=1S/C22H24F4N2O2/c1-13-5-6-14(23)9-16(13)20(2,3)12-21(30,22(24,25)26)11-15-10-18-17(27-15)7-8-19(29)28(18)4/h5-10,27,30H,11-12H2,1-4H3. The lowest BCUT2D eigenvalue weighted by molar-refractivity contribution is -0.266. The second kappa shape index (κ2) is 7.27. The number of nitrogens with zero attached hydrogens (tertiary/aromatic N) is 1. The first-order chi connectivity index (χ1) is 13.7. The van der Waals surface area contributed by atoms with Crippen molar-refractivity contribution < 1.29 is 22.7 Å². The molecule has 2 N–H and O–H groups in total. The van der Waals surface area contributed by atoms with E-state index in [0.717, 1.165) is 0 Å². The second-order valence-electron chi connectivity index (χ2n) is 8.55. The summed E-state index contributed by atoms with van der Waals surface area (Å²) < 4.78 is 57.1. The van der Waals surface area contributed by atoms with E-state index in [2.05, 4.69) is 4.98 Å². The van der Waals surface area contributed by atoms with Gasteiger partial charge in [0.15, 0.2) is 5.60 Å². The van der Waals surface area contributed by atoms with Crippen LogP contribution in [0.1, 0.15) is 37.1 Å². The van der Waals surface area contributed by atoms with Crippen LogP contribution in [0.25, 0.3) is 11.0 Å². The minimum atomic E-state index is -4.92. The molecule has 1 aromatic carbocycles. The summed E-state index contributed by atoms with van der Waals surface area (Å²) in [5.41, 5.74) is -2.36. The van der Waals surface area contributed by atoms with E-state index in [-0.39, 0.29) is 11.3 Å². The van der Waals surface area contributed by atoms with Gasteiger partial charge in [0.2, 0.25) is 0 Å². The number of nitrogens with one attached hydrogen (secondary N) is 1. The smallest absolute Gasteiger partial charge is 0.380 e. The van der Waals surface area contributed by atoms with E-state index < -0.39 is 35.9 Å². The molecule has 30 heavy (non-hydrogen) atoms. The summed E-state index contributed by atoms with van der Waals surface area (Å²) in [5, 5.41) is 10.8. The molecule has 0 saturated heterocycles. The fourth-order valence-corrected chi connectivity index (χ4v) is 4.13. The molecule has 0 aliphatic rings. The van der Waals surface area contributed by atoms with Crippen LogP contribution in [0.15, 0.2) is 41.2 Å². The Hall–Kier alpha value is -2.61. The molecule has 0 aliphatic heterocycles. The summed E-state index contributed by atoms with van der Waals surface area (Å²) in [6, 6.07) is 8.22. The highest BCUT2D eigenvalue weighted by atomic mass is 19.4. The van der Waals surface area contributed by atoms with Crippen molar-refractivity contribution in [2.45, 2.75) is 50.8 Å². The molecule has 0 fully saturated rings. The number of hydrogen-bond acceptors (Lipinski definition) is 2. The highest BCUT2D eigenvalue weighted by molar-refractivity contribution is 5.76. The monoisotopic (exact) mass is 424 g/mol. The highest BCUT2D eigenvalue weighted by Crippen LogP contribution is 2.43. The number of hydrogen-bond donors (Lipinski definition) is 2. The van der Waals surface area contributed by atoms with Gasteiger partial charge in [-0.1, -0.05) is 19.9 Å². The van der Waals surface area contributed by atoms with E-state index >= 15 is 0 Å². The average molecular weight is 424 g/mol. The lowest BCUT2D eigenvalue weighted by Gasteiger charge is -2.38. The molecule has 0 aliphatic carbocycles. The Morgan fingerprint density at radius 1 is 1.10 bits per heavy atom. The molecule has 3 aromatic rings. The van der Waals surface area contributed by atoms with Gasteiger partial charge in [-0.2, -0.15) is 13.2 Å². The second-order valence-corrected chi connectivity index (χ2v) is 8.55. The van der Waals surface area contributed by atoms with Gasteiger partial charge in [-0.05, 0) is 54.2 Å². The molecule has 4 nitrogen and oxygen atoms in total. The van der Waals surface area contributed by atoms with Gasteiger partial charge in [0.05, 0.1) is 11.0 Å². The van der Waals surface area contributed by atoms with Gasteiger partial charge in [0.25, 0.3) is 5.56 Å². The molecule has 0 spiro atoms. The predicted octanol–water partition coefficient (Wildman–Crippen LogP) is 4.52. The molecule has 8 heteroatoms. The normalized spacial score (nSPS) is 14.8. The number of H-pyrrole nitrogens is 1. The van der Waals surface area contributed by atoms with Crippen molar-refractivity contribution in [2.24, 2.45) is 7.05 Å². The summed E-state index contributed by atoms with van der Waals surface area (Å²) in [5.74, 6) is -0.546. The molecule has 0 amide bonds. The number of aliphatic hydroxyl groups is 1. The van der Waals surface area contributed by atoms with Gasteiger partial charge in [0.1, 0.15) is 5.82 Å². The zero-order valence-corrected chi connectivity index (χ0v) is 17.2. The maximum Gasteiger partial charge on any atom is 0.417 e. The fourth-order valence-electron chi connectivity index (χ4n) is 4.13. The van der Waals surface area contributed by atoms with Crippen molar-refractivity contribution >= 4 is 11.0 Å².